The quantitative estimate of drug-likeness (QED) is 0.692. The Labute approximate surface area is 152 Å². The van der Waals surface area contributed by atoms with E-state index in [2.05, 4.69) is 0 Å². The highest BCUT2D eigenvalue weighted by molar-refractivity contribution is 7.89. The molecule has 1 aromatic heterocycles. The van der Waals surface area contributed by atoms with Crippen LogP contribution in [0.25, 0.3) is 0 Å². The minimum atomic E-state index is -3.71. The Morgan fingerprint density at radius 2 is 2.16 bits per heavy atom. The number of hydrogen-bond donors (Lipinski definition) is 0. The van der Waals surface area contributed by atoms with Gasteiger partial charge in [-0.05, 0) is 43.3 Å². The first-order chi connectivity index (χ1) is 12.0. The molecule has 1 aromatic carbocycles. The van der Waals surface area contributed by atoms with E-state index >= 15 is 0 Å². The summed E-state index contributed by atoms with van der Waals surface area (Å²) in [6.07, 6.45) is 1.74. The zero-order chi connectivity index (χ0) is 17.9. The summed E-state index contributed by atoms with van der Waals surface area (Å²) in [6, 6.07) is 10.1. The second-order valence-corrected chi connectivity index (χ2v) is 9.07. The molecule has 7 heteroatoms. The van der Waals surface area contributed by atoms with Crippen molar-refractivity contribution in [2.24, 2.45) is 0 Å². The van der Waals surface area contributed by atoms with Crippen LogP contribution in [0.2, 0.25) is 0 Å². The van der Waals surface area contributed by atoms with Crippen LogP contribution in [-0.2, 0) is 21.3 Å². The minimum Gasteiger partial charge on any atom is -0.377 e. The van der Waals surface area contributed by atoms with E-state index in [-0.39, 0.29) is 16.8 Å². The molecular formula is C18H21NO4S2. The predicted octanol–water partition coefficient (Wildman–Crippen LogP) is 3.32. The van der Waals surface area contributed by atoms with Gasteiger partial charge in [0.1, 0.15) is 0 Å². The van der Waals surface area contributed by atoms with Crippen LogP contribution in [0, 0.1) is 0 Å². The molecule has 3 rings (SSSR count). The number of thiophene rings is 1. The third kappa shape index (κ3) is 4.36. The van der Waals surface area contributed by atoms with Crippen LogP contribution in [0.15, 0.2) is 46.7 Å². The number of sulfonamides is 1. The summed E-state index contributed by atoms with van der Waals surface area (Å²) in [5.74, 6) is -0.152. The maximum Gasteiger partial charge on any atom is 0.243 e. The Hall–Kier alpha value is -1.54. The fraction of sp³-hybridized carbons (Fsp3) is 0.389. The minimum absolute atomic E-state index is 0.0780. The van der Waals surface area contributed by atoms with Crippen molar-refractivity contribution in [1.82, 2.24) is 4.31 Å². The SMILES string of the molecule is CC(=O)c1cccc(S(=O)(=O)N(Cc2cccs2)C[C@@H]2CCCO2)c1. The molecule has 134 valence electrons. The molecule has 0 spiro atoms. The first kappa shape index (κ1) is 18.3. The smallest absolute Gasteiger partial charge is 0.243 e. The van der Waals surface area contributed by atoms with Crippen LogP contribution in [0.3, 0.4) is 0 Å². The standard InChI is InChI=1S/C18H21NO4S2/c1-14(20)15-5-2-8-18(11-15)25(21,22)19(12-16-6-3-9-23-16)13-17-7-4-10-24-17/h2,4-5,7-8,10-11,16H,3,6,9,12-13H2,1H3/t16-/m0/s1. The summed E-state index contributed by atoms with van der Waals surface area (Å²) < 4.78 is 33.5. The van der Waals surface area contributed by atoms with Gasteiger partial charge in [0.15, 0.2) is 5.78 Å². The number of carbonyl (C=O) groups is 1. The summed E-state index contributed by atoms with van der Waals surface area (Å²) >= 11 is 1.53. The molecule has 0 bridgehead atoms. The molecular weight excluding hydrogens is 358 g/mol. The van der Waals surface area contributed by atoms with Crippen molar-refractivity contribution in [3.8, 4) is 0 Å². The molecule has 2 heterocycles. The Balaban J connectivity index is 1.91. The highest BCUT2D eigenvalue weighted by Gasteiger charge is 2.29. The maximum atomic E-state index is 13.2. The monoisotopic (exact) mass is 379 g/mol. The highest BCUT2D eigenvalue weighted by Crippen LogP contribution is 2.24. The van der Waals surface area contributed by atoms with Crippen molar-refractivity contribution < 1.29 is 17.9 Å². The lowest BCUT2D eigenvalue weighted by Crippen LogP contribution is -2.36. The van der Waals surface area contributed by atoms with Gasteiger partial charge in [0.25, 0.3) is 0 Å². The highest BCUT2D eigenvalue weighted by atomic mass is 32.2. The molecule has 0 saturated carbocycles. The molecule has 0 aliphatic carbocycles. The molecule has 1 aliphatic heterocycles. The Bertz CT molecular complexity index is 825. The molecule has 2 aromatic rings. The molecule has 5 nitrogen and oxygen atoms in total. The van der Waals surface area contributed by atoms with Crippen molar-refractivity contribution in [3.63, 3.8) is 0 Å². The van der Waals surface area contributed by atoms with Crippen LogP contribution in [0.5, 0.6) is 0 Å². The summed E-state index contributed by atoms with van der Waals surface area (Å²) in [6.45, 7) is 2.74. The van der Waals surface area contributed by atoms with Gasteiger partial charge in [0.05, 0.1) is 11.0 Å². The van der Waals surface area contributed by atoms with Gasteiger partial charge in [0.2, 0.25) is 10.0 Å². The second-order valence-electron chi connectivity index (χ2n) is 6.10. The molecule has 1 atom stereocenters. The van der Waals surface area contributed by atoms with Crippen molar-refractivity contribution in [3.05, 3.63) is 52.2 Å². The number of ketones is 1. The summed E-state index contributed by atoms with van der Waals surface area (Å²) in [4.78, 5) is 12.7. The van der Waals surface area contributed by atoms with E-state index in [1.165, 1.54) is 28.6 Å². The van der Waals surface area contributed by atoms with Crippen molar-refractivity contribution in [1.29, 1.82) is 0 Å². The summed E-state index contributed by atoms with van der Waals surface area (Å²) in [5.41, 5.74) is 0.397. The van der Waals surface area contributed by atoms with E-state index in [1.807, 2.05) is 17.5 Å². The van der Waals surface area contributed by atoms with Gasteiger partial charge in [-0.15, -0.1) is 11.3 Å². The van der Waals surface area contributed by atoms with Gasteiger partial charge in [-0.3, -0.25) is 4.79 Å². The van der Waals surface area contributed by atoms with Gasteiger partial charge < -0.3 is 4.74 Å². The Morgan fingerprint density at radius 1 is 1.32 bits per heavy atom. The molecule has 1 saturated heterocycles. The van der Waals surface area contributed by atoms with E-state index in [9.17, 15) is 13.2 Å². The second kappa shape index (κ2) is 7.78. The van der Waals surface area contributed by atoms with Gasteiger partial charge in [-0.25, -0.2) is 8.42 Å². The van der Waals surface area contributed by atoms with E-state index in [0.717, 1.165) is 17.7 Å². The number of carbonyl (C=O) groups excluding carboxylic acids is 1. The van der Waals surface area contributed by atoms with E-state index in [4.69, 9.17) is 4.74 Å². The van der Waals surface area contributed by atoms with E-state index in [1.54, 1.807) is 18.2 Å². The topological polar surface area (TPSA) is 63.7 Å². The van der Waals surface area contributed by atoms with Gasteiger partial charge in [-0.1, -0.05) is 18.2 Å². The van der Waals surface area contributed by atoms with Gasteiger partial charge in [0, 0.05) is 30.1 Å². The van der Waals surface area contributed by atoms with Crippen LogP contribution in [-0.4, -0.2) is 37.8 Å². The predicted molar refractivity (Wildman–Crippen MR) is 97.3 cm³/mol. The number of rotatable bonds is 7. The fourth-order valence-electron chi connectivity index (χ4n) is 2.86. The average molecular weight is 380 g/mol. The van der Waals surface area contributed by atoms with Crippen molar-refractivity contribution in [2.45, 2.75) is 37.3 Å². The normalized spacial score (nSPS) is 17.9. The molecule has 0 radical (unpaired) electrons. The van der Waals surface area contributed by atoms with Crippen LogP contribution in [0.1, 0.15) is 35.0 Å². The van der Waals surface area contributed by atoms with E-state index < -0.39 is 10.0 Å². The first-order valence-electron chi connectivity index (χ1n) is 8.22. The zero-order valence-electron chi connectivity index (χ0n) is 14.1. The van der Waals surface area contributed by atoms with E-state index in [0.29, 0.717) is 25.3 Å². The molecule has 1 aliphatic rings. The number of nitrogens with zero attached hydrogens (tertiary/aromatic N) is 1. The molecule has 0 N–H and O–H groups in total. The van der Waals surface area contributed by atoms with Gasteiger partial charge in [-0.2, -0.15) is 4.31 Å². The summed E-state index contributed by atoms with van der Waals surface area (Å²) in [5, 5.41) is 1.93. The molecule has 0 amide bonds. The molecule has 25 heavy (non-hydrogen) atoms. The average Bonchev–Trinajstić information content (AvgIpc) is 3.28. The third-order valence-corrected chi connectivity index (χ3v) is 6.89. The maximum absolute atomic E-state index is 13.2. The van der Waals surface area contributed by atoms with Gasteiger partial charge >= 0.3 is 0 Å². The Morgan fingerprint density at radius 3 is 2.80 bits per heavy atom. The number of ether oxygens (including phenoxy) is 1. The van der Waals surface area contributed by atoms with Crippen LogP contribution >= 0.6 is 11.3 Å². The molecule has 0 unspecified atom stereocenters. The fourth-order valence-corrected chi connectivity index (χ4v) is 5.16. The Kier molecular flexibility index (Phi) is 5.68. The van der Waals surface area contributed by atoms with Crippen LogP contribution in [0.4, 0.5) is 0 Å². The van der Waals surface area contributed by atoms with Crippen LogP contribution < -0.4 is 0 Å². The zero-order valence-corrected chi connectivity index (χ0v) is 15.7. The number of benzene rings is 1. The van der Waals surface area contributed by atoms with Crippen molar-refractivity contribution in [2.75, 3.05) is 13.2 Å². The largest absolute Gasteiger partial charge is 0.377 e. The third-order valence-electron chi connectivity index (χ3n) is 4.22. The lowest BCUT2D eigenvalue weighted by atomic mass is 10.2. The lowest BCUT2D eigenvalue weighted by Gasteiger charge is -2.24. The first-order valence-corrected chi connectivity index (χ1v) is 10.5. The molecule has 1 fully saturated rings. The number of hydrogen-bond acceptors (Lipinski definition) is 5. The van der Waals surface area contributed by atoms with Crippen molar-refractivity contribution >= 4 is 27.1 Å². The summed E-state index contributed by atoms with van der Waals surface area (Å²) in [7, 11) is -3.71. The lowest BCUT2D eigenvalue weighted by molar-refractivity contribution is 0.0927. The number of Topliss-reactive ketones (excluding diaryl/α,β-unsaturated/α-hetero) is 1.